The summed E-state index contributed by atoms with van der Waals surface area (Å²) in [7, 11) is -5.78. The second-order valence-electron chi connectivity index (χ2n) is 1.02. The molecule has 0 bridgehead atoms. The highest BCUT2D eigenvalue weighted by Gasteiger charge is 2.06. The molecule has 0 aliphatic carbocycles. The van der Waals surface area contributed by atoms with E-state index in [-0.39, 0.29) is 0 Å². The van der Waals surface area contributed by atoms with Crippen molar-refractivity contribution in [3.8, 4) is 0 Å². The van der Waals surface area contributed by atoms with Crippen LogP contribution in [0.4, 0.5) is 0 Å². The summed E-state index contributed by atoms with van der Waals surface area (Å²) in [6.45, 7) is -7.14. The summed E-state index contributed by atoms with van der Waals surface area (Å²) in [5.74, 6) is -6.52. The first kappa shape index (κ1) is 3.82. The first-order chi connectivity index (χ1) is 7.91. The van der Waals surface area contributed by atoms with Crippen molar-refractivity contribution in [3.05, 3.63) is 0 Å². The Hall–Kier alpha value is 0.690. The van der Waals surface area contributed by atoms with Gasteiger partial charge in [0.15, 0.2) is 0 Å². The van der Waals surface area contributed by atoms with E-state index in [1.165, 1.54) is 0 Å². The summed E-state index contributed by atoms with van der Waals surface area (Å²) < 4.78 is 73.4. The highest BCUT2D eigenvalue weighted by atomic mass is 35.5. The molecular formula is C4H8Cl2O4P-. The number of halogens is 2. The molecule has 0 rings (SSSR count). The smallest absolute Gasteiger partial charge is 0.267 e. The molecule has 68 valence electrons. The zero-order chi connectivity index (χ0) is 15.9. The van der Waals surface area contributed by atoms with Crippen LogP contribution < -0.4 is 4.89 Å². The van der Waals surface area contributed by atoms with E-state index in [0.717, 1.165) is 0 Å². The first-order valence-corrected chi connectivity index (χ1v) is 4.23. The summed E-state index contributed by atoms with van der Waals surface area (Å²) in [5.41, 5.74) is 0. The van der Waals surface area contributed by atoms with Crippen LogP contribution in [0.25, 0.3) is 0 Å². The average Bonchev–Trinajstić information content (AvgIpc) is 1.93. The molecule has 0 saturated carbocycles. The van der Waals surface area contributed by atoms with Crippen LogP contribution in [0.5, 0.6) is 0 Å². The Bertz CT molecular complexity index is 346. The number of phosphoric ester groups is 1. The lowest BCUT2D eigenvalue weighted by atomic mass is 10.9. The molecule has 0 aromatic rings. The maximum atomic E-state index is 11.2. The van der Waals surface area contributed by atoms with Crippen LogP contribution in [0.1, 0.15) is 11.0 Å². The third-order valence-electron chi connectivity index (χ3n) is 0.392. The molecule has 0 fully saturated rings. The lowest BCUT2D eigenvalue weighted by Crippen LogP contribution is -2.10. The largest absolute Gasteiger partial charge is 0.756 e. The van der Waals surface area contributed by atoms with Crippen molar-refractivity contribution >= 4 is 31.0 Å². The van der Waals surface area contributed by atoms with E-state index in [4.69, 9.17) is 34.2 Å². The fourth-order valence-electron chi connectivity index (χ4n) is 0.165. The fraction of sp³-hybridized carbons (Fsp3) is 1.00. The van der Waals surface area contributed by atoms with Crippen molar-refractivity contribution in [3.63, 3.8) is 0 Å². The van der Waals surface area contributed by atoms with Gasteiger partial charge in [0.1, 0.15) is 0 Å². The number of rotatable bonds is 6. The zero-order valence-corrected chi connectivity index (χ0v) is 7.24. The molecule has 0 saturated heterocycles. The van der Waals surface area contributed by atoms with Crippen LogP contribution in [0, 0.1) is 0 Å². The normalized spacial score (nSPS) is 27.9. The summed E-state index contributed by atoms with van der Waals surface area (Å²) >= 11 is 9.83. The van der Waals surface area contributed by atoms with Crippen molar-refractivity contribution in [1.29, 1.82) is 0 Å². The Balaban J connectivity index is 5.10. The van der Waals surface area contributed by atoms with Gasteiger partial charge < -0.3 is 13.9 Å². The summed E-state index contributed by atoms with van der Waals surface area (Å²) in [4.78, 5) is 11.2. The second kappa shape index (κ2) is 6.23. The van der Waals surface area contributed by atoms with Gasteiger partial charge in [0, 0.05) is 17.1 Å². The summed E-state index contributed by atoms with van der Waals surface area (Å²) in [5, 5.41) is 0. The minimum Gasteiger partial charge on any atom is -0.756 e. The van der Waals surface area contributed by atoms with Crippen LogP contribution in [-0.2, 0) is 13.6 Å². The third kappa shape index (κ3) is 7.06. The van der Waals surface area contributed by atoms with Crippen LogP contribution >= 0.6 is 31.0 Å². The molecule has 0 unspecified atom stereocenters. The minimum absolute atomic E-state index is 3.26. The molecule has 0 aromatic heterocycles. The monoisotopic (exact) mass is 229 g/mol. The fourth-order valence-corrected chi connectivity index (χ4v) is 0.702. The van der Waals surface area contributed by atoms with Gasteiger partial charge in [-0.25, -0.2) is 0 Å². The minimum atomic E-state index is -5.78. The number of phosphoric acid groups is 1. The predicted octanol–water partition coefficient (Wildman–Crippen LogP) is 0.966. The highest BCUT2D eigenvalue weighted by Crippen LogP contribution is 2.37. The van der Waals surface area contributed by atoms with Crippen LogP contribution in [0.3, 0.4) is 0 Å². The van der Waals surface area contributed by atoms with Crippen molar-refractivity contribution in [2.24, 2.45) is 0 Å². The maximum Gasteiger partial charge on any atom is 0.267 e. The van der Waals surface area contributed by atoms with Crippen molar-refractivity contribution < 1.29 is 29.5 Å². The van der Waals surface area contributed by atoms with E-state index in [9.17, 15) is 9.46 Å². The van der Waals surface area contributed by atoms with E-state index in [0.29, 0.717) is 0 Å². The van der Waals surface area contributed by atoms with Crippen LogP contribution in [0.15, 0.2) is 0 Å². The second-order valence-corrected chi connectivity index (χ2v) is 2.66. The van der Waals surface area contributed by atoms with Crippen LogP contribution in [-0.4, -0.2) is 24.8 Å². The van der Waals surface area contributed by atoms with Gasteiger partial charge in [0.25, 0.3) is 7.82 Å². The summed E-state index contributed by atoms with van der Waals surface area (Å²) in [6, 6.07) is 0. The van der Waals surface area contributed by atoms with Gasteiger partial charge in [-0.05, 0) is 0 Å². The molecule has 0 aliphatic rings. The Kier molecular flexibility index (Phi) is 2.17. The molecular weight excluding hydrogens is 214 g/mol. The molecule has 11 heavy (non-hydrogen) atoms. The molecule has 0 heterocycles. The van der Waals surface area contributed by atoms with Crippen LogP contribution in [0.2, 0.25) is 0 Å². The Morgan fingerprint density at radius 1 is 1.36 bits per heavy atom. The van der Waals surface area contributed by atoms with Gasteiger partial charge in [0.05, 0.1) is 18.6 Å². The molecule has 7 heteroatoms. The summed E-state index contributed by atoms with van der Waals surface area (Å²) in [6.07, 6.45) is 0. The van der Waals surface area contributed by atoms with Crippen molar-refractivity contribution in [2.75, 3.05) is 24.8 Å². The molecule has 0 atom stereocenters. The zero-order valence-electron chi connectivity index (χ0n) is 12.8. The standard InChI is InChI=1S/C4H9Cl2O4P/c5-1-3-9-11(7,8)10-4-2-6/h1-4H2,(H,7,8)/p-1/i1D2,2D2,3D2,4D2. The Morgan fingerprint density at radius 2 is 1.73 bits per heavy atom. The topological polar surface area (TPSA) is 58.6 Å². The molecule has 0 N–H and O–H groups in total. The van der Waals surface area contributed by atoms with E-state index in [1.54, 1.807) is 0 Å². The molecule has 0 spiro atoms. The van der Waals surface area contributed by atoms with E-state index >= 15 is 0 Å². The van der Waals surface area contributed by atoms with Crippen molar-refractivity contribution in [1.82, 2.24) is 0 Å². The highest BCUT2D eigenvalue weighted by molar-refractivity contribution is 7.45. The van der Waals surface area contributed by atoms with E-state index in [1.807, 2.05) is 0 Å². The lowest BCUT2D eigenvalue weighted by molar-refractivity contribution is -0.224. The number of hydrogen-bond donors (Lipinski definition) is 0. The number of hydrogen-bond acceptors (Lipinski definition) is 4. The quantitative estimate of drug-likeness (QED) is 0.503. The molecule has 0 amide bonds. The molecule has 0 radical (unpaired) electrons. The maximum absolute atomic E-state index is 11.2. The van der Waals surface area contributed by atoms with Gasteiger partial charge in [-0.2, -0.15) is 0 Å². The Morgan fingerprint density at radius 3 is 2.00 bits per heavy atom. The molecule has 0 aromatic carbocycles. The lowest BCUT2D eigenvalue weighted by Gasteiger charge is -2.21. The Labute approximate surface area is 86.3 Å². The first-order valence-electron chi connectivity index (χ1n) is 6.02. The molecule has 4 nitrogen and oxygen atoms in total. The van der Waals surface area contributed by atoms with E-state index < -0.39 is 32.6 Å². The van der Waals surface area contributed by atoms with Gasteiger partial charge in [-0.3, -0.25) is 4.57 Å². The average molecular weight is 230 g/mol. The van der Waals surface area contributed by atoms with Gasteiger partial charge in [0.2, 0.25) is 0 Å². The number of alkyl halides is 2. The SMILES string of the molecule is [2H]C([2H])(Cl)C([2H])([2H])OP(=O)([O-])OC([2H])([2H])C([2H])([2H])Cl. The van der Waals surface area contributed by atoms with Gasteiger partial charge in [-0.1, -0.05) is 0 Å². The van der Waals surface area contributed by atoms with E-state index in [2.05, 4.69) is 9.05 Å². The predicted molar refractivity (Wildman–Crippen MR) is 41.0 cm³/mol. The van der Waals surface area contributed by atoms with Crippen molar-refractivity contribution in [2.45, 2.75) is 0 Å². The van der Waals surface area contributed by atoms with Gasteiger partial charge >= 0.3 is 0 Å². The molecule has 0 aliphatic heterocycles. The third-order valence-corrected chi connectivity index (χ3v) is 1.18. The van der Waals surface area contributed by atoms with Gasteiger partial charge in [-0.15, -0.1) is 23.2 Å².